The van der Waals surface area contributed by atoms with Crippen molar-refractivity contribution in [3.63, 3.8) is 0 Å². The molecule has 0 saturated heterocycles. The van der Waals surface area contributed by atoms with Crippen molar-refractivity contribution in [1.29, 1.82) is 0 Å². The first-order chi connectivity index (χ1) is 19.5. The predicted octanol–water partition coefficient (Wildman–Crippen LogP) is 5.37. The Morgan fingerprint density at radius 2 is 1.88 bits per heavy atom. The van der Waals surface area contributed by atoms with E-state index in [-0.39, 0.29) is 16.8 Å². The molecular weight excluding hydrogens is 533 g/mol. The van der Waals surface area contributed by atoms with E-state index in [1.165, 1.54) is 17.8 Å². The highest BCUT2D eigenvalue weighted by atomic mass is 19.4. The average Bonchev–Trinajstić information content (AvgIpc) is 3.55. The standard InChI is InChI=1S/C29H31F3N8O/c1-6-39-9-7-20(8-10-39)23-12-22(13-25(17(23)2)29(30,31)32)35-28(41)21-11-27(18(3)33-14-21)40-16-26(36-37-40)24-15-34-38(5)19(24)4/h7,11-16H,6,8-10H2,1-5H3,(H,35,41). The molecule has 0 saturated carbocycles. The van der Waals surface area contributed by atoms with Crippen LogP contribution in [-0.2, 0) is 13.2 Å². The van der Waals surface area contributed by atoms with Crippen molar-refractivity contribution >= 4 is 17.2 Å². The Labute approximate surface area is 235 Å². The highest BCUT2D eigenvalue weighted by Crippen LogP contribution is 2.38. The number of likely N-dealkylation sites (N-methyl/N-ethyl adjacent to an activating group) is 1. The van der Waals surface area contributed by atoms with Crippen LogP contribution in [0, 0.1) is 20.8 Å². The maximum Gasteiger partial charge on any atom is 0.416 e. The van der Waals surface area contributed by atoms with Crippen LogP contribution in [0.25, 0.3) is 22.5 Å². The molecule has 0 spiro atoms. The smallest absolute Gasteiger partial charge is 0.322 e. The number of halogens is 3. The summed E-state index contributed by atoms with van der Waals surface area (Å²) in [5.74, 6) is -0.583. The van der Waals surface area contributed by atoms with Gasteiger partial charge in [-0.15, -0.1) is 5.10 Å². The van der Waals surface area contributed by atoms with Crippen LogP contribution in [-0.4, -0.2) is 60.2 Å². The van der Waals surface area contributed by atoms with Gasteiger partial charge < -0.3 is 5.32 Å². The molecule has 1 N–H and O–H groups in total. The van der Waals surface area contributed by atoms with Gasteiger partial charge in [0.25, 0.3) is 5.91 Å². The van der Waals surface area contributed by atoms with Crippen molar-refractivity contribution in [1.82, 2.24) is 34.7 Å². The zero-order valence-corrected chi connectivity index (χ0v) is 23.5. The molecule has 3 aromatic heterocycles. The molecule has 0 radical (unpaired) electrons. The SMILES string of the molecule is CCN1CC=C(c2cc(NC(=O)c3cnc(C)c(-n4cc(-c5cnn(C)c5C)nn4)c3)cc(C(F)(F)F)c2C)CC1. The fraction of sp³-hybridized carbons (Fsp3) is 0.345. The van der Waals surface area contributed by atoms with Crippen LogP contribution in [0.1, 0.15) is 51.8 Å². The average molecular weight is 565 g/mol. The van der Waals surface area contributed by atoms with Crippen molar-refractivity contribution in [2.75, 3.05) is 25.0 Å². The molecule has 0 unspecified atom stereocenters. The summed E-state index contributed by atoms with van der Waals surface area (Å²) in [7, 11) is 1.83. The van der Waals surface area contributed by atoms with E-state index >= 15 is 0 Å². The van der Waals surface area contributed by atoms with Crippen LogP contribution in [0.5, 0.6) is 0 Å². The number of nitrogens with one attached hydrogen (secondary N) is 1. The van der Waals surface area contributed by atoms with Gasteiger partial charge in [0.15, 0.2) is 0 Å². The minimum Gasteiger partial charge on any atom is -0.322 e. The third kappa shape index (κ3) is 5.64. The number of hydrogen-bond acceptors (Lipinski definition) is 6. The fourth-order valence-corrected chi connectivity index (χ4v) is 4.99. The fourth-order valence-electron chi connectivity index (χ4n) is 4.99. The summed E-state index contributed by atoms with van der Waals surface area (Å²) < 4.78 is 45.3. The first-order valence-electron chi connectivity index (χ1n) is 13.3. The van der Waals surface area contributed by atoms with E-state index in [1.54, 1.807) is 36.1 Å². The Morgan fingerprint density at radius 3 is 2.51 bits per heavy atom. The summed E-state index contributed by atoms with van der Waals surface area (Å²) >= 11 is 0. The third-order valence-corrected chi connectivity index (χ3v) is 7.63. The number of aromatic nitrogens is 6. The highest BCUT2D eigenvalue weighted by molar-refractivity contribution is 6.04. The molecule has 1 amide bonds. The van der Waals surface area contributed by atoms with Gasteiger partial charge in [-0.05, 0) is 68.6 Å². The normalized spacial score (nSPS) is 14.3. The van der Waals surface area contributed by atoms with E-state index in [1.807, 2.05) is 20.0 Å². The Kier molecular flexibility index (Phi) is 7.52. The van der Waals surface area contributed by atoms with Crippen LogP contribution < -0.4 is 5.32 Å². The quantitative estimate of drug-likeness (QED) is 0.339. The molecule has 0 aliphatic carbocycles. The molecule has 4 heterocycles. The lowest BCUT2D eigenvalue weighted by Gasteiger charge is -2.26. The number of rotatable bonds is 6. The maximum absolute atomic E-state index is 14.0. The van der Waals surface area contributed by atoms with E-state index in [9.17, 15) is 18.0 Å². The monoisotopic (exact) mass is 564 g/mol. The molecule has 12 heteroatoms. The van der Waals surface area contributed by atoms with Crippen LogP contribution in [0.4, 0.5) is 18.9 Å². The number of hydrogen-bond donors (Lipinski definition) is 1. The largest absolute Gasteiger partial charge is 0.416 e. The van der Waals surface area contributed by atoms with Crippen molar-refractivity contribution in [3.8, 4) is 16.9 Å². The van der Waals surface area contributed by atoms with E-state index in [0.717, 1.165) is 36.0 Å². The molecule has 9 nitrogen and oxygen atoms in total. The third-order valence-electron chi connectivity index (χ3n) is 7.63. The van der Waals surface area contributed by atoms with Crippen molar-refractivity contribution in [3.05, 3.63) is 76.5 Å². The number of aryl methyl sites for hydroxylation is 2. The molecule has 4 aromatic rings. The molecule has 5 rings (SSSR count). The lowest BCUT2D eigenvalue weighted by Crippen LogP contribution is -2.28. The maximum atomic E-state index is 14.0. The topological polar surface area (TPSA) is 93.8 Å². The Morgan fingerprint density at radius 1 is 1.10 bits per heavy atom. The second kappa shape index (κ2) is 10.9. The predicted molar refractivity (Wildman–Crippen MR) is 150 cm³/mol. The number of carbonyl (C=O) groups is 1. The summed E-state index contributed by atoms with van der Waals surface area (Å²) in [4.78, 5) is 19.8. The zero-order valence-electron chi connectivity index (χ0n) is 23.5. The molecule has 41 heavy (non-hydrogen) atoms. The first kappa shape index (κ1) is 28.2. The number of benzene rings is 1. The summed E-state index contributed by atoms with van der Waals surface area (Å²) in [5.41, 5.74) is 4.43. The number of pyridine rings is 1. The van der Waals surface area contributed by atoms with Crippen molar-refractivity contribution in [2.45, 2.75) is 40.3 Å². The summed E-state index contributed by atoms with van der Waals surface area (Å²) in [5, 5.41) is 15.3. The second-order valence-electron chi connectivity index (χ2n) is 10.2. The van der Waals surface area contributed by atoms with Gasteiger partial charge in [-0.1, -0.05) is 18.2 Å². The van der Waals surface area contributed by atoms with Gasteiger partial charge in [-0.3, -0.25) is 19.4 Å². The Bertz CT molecular complexity index is 1650. The van der Waals surface area contributed by atoms with Gasteiger partial charge in [0, 0.05) is 43.3 Å². The zero-order chi connectivity index (χ0) is 29.5. The molecule has 1 aliphatic heterocycles. The minimum atomic E-state index is -4.57. The van der Waals surface area contributed by atoms with Crippen LogP contribution >= 0.6 is 0 Å². The second-order valence-corrected chi connectivity index (χ2v) is 10.2. The van der Waals surface area contributed by atoms with Gasteiger partial charge >= 0.3 is 6.18 Å². The van der Waals surface area contributed by atoms with Gasteiger partial charge in [-0.2, -0.15) is 18.3 Å². The van der Waals surface area contributed by atoms with Gasteiger partial charge in [-0.25, -0.2) is 4.68 Å². The molecule has 0 bridgehead atoms. The lowest BCUT2D eigenvalue weighted by molar-refractivity contribution is -0.138. The lowest BCUT2D eigenvalue weighted by atomic mass is 9.91. The van der Waals surface area contributed by atoms with Crippen LogP contribution in [0.15, 0.2) is 42.9 Å². The summed E-state index contributed by atoms with van der Waals surface area (Å²) in [6.45, 7) is 9.53. The van der Waals surface area contributed by atoms with E-state index in [4.69, 9.17) is 0 Å². The van der Waals surface area contributed by atoms with E-state index < -0.39 is 17.6 Å². The molecule has 0 fully saturated rings. The Balaban J connectivity index is 1.46. The highest BCUT2D eigenvalue weighted by Gasteiger charge is 2.34. The number of anilines is 1. The number of carbonyl (C=O) groups excluding carboxylic acids is 1. The number of nitrogens with zero attached hydrogens (tertiary/aromatic N) is 7. The minimum absolute atomic E-state index is 0.0685. The van der Waals surface area contributed by atoms with Crippen LogP contribution in [0.3, 0.4) is 0 Å². The van der Waals surface area contributed by atoms with Gasteiger partial charge in [0.2, 0.25) is 0 Å². The number of amides is 1. The number of alkyl halides is 3. The molecule has 0 atom stereocenters. The van der Waals surface area contributed by atoms with Crippen molar-refractivity contribution in [2.24, 2.45) is 7.05 Å². The van der Waals surface area contributed by atoms with E-state index in [0.29, 0.717) is 35.6 Å². The Hall–Kier alpha value is -4.32. The summed E-state index contributed by atoms with van der Waals surface area (Å²) in [6.07, 6.45) is 2.84. The van der Waals surface area contributed by atoms with Crippen LogP contribution in [0.2, 0.25) is 0 Å². The van der Waals surface area contributed by atoms with Gasteiger partial charge in [0.05, 0.1) is 34.9 Å². The van der Waals surface area contributed by atoms with Crippen molar-refractivity contribution < 1.29 is 18.0 Å². The molecular formula is C29H31F3N8O. The molecule has 1 aliphatic rings. The first-order valence-corrected chi connectivity index (χ1v) is 13.3. The summed E-state index contributed by atoms with van der Waals surface area (Å²) in [6, 6.07) is 4.20. The molecule has 1 aromatic carbocycles. The molecule has 214 valence electrons. The van der Waals surface area contributed by atoms with E-state index in [2.05, 4.69) is 37.5 Å². The van der Waals surface area contributed by atoms with Gasteiger partial charge in [0.1, 0.15) is 5.69 Å².